The van der Waals surface area contributed by atoms with Crippen LogP contribution >= 0.6 is 0 Å². The highest BCUT2D eigenvalue weighted by atomic mass is 14.8. The molecule has 1 aromatic carbocycles. The highest BCUT2D eigenvalue weighted by Crippen LogP contribution is 2.28. The molecule has 0 aliphatic heterocycles. The smallest absolute Gasteiger partial charge is 0.0991 e. The summed E-state index contributed by atoms with van der Waals surface area (Å²) in [6.07, 6.45) is 8.48. The second kappa shape index (κ2) is 7.31. The van der Waals surface area contributed by atoms with Crippen LogP contribution in [0.2, 0.25) is 0 Å². The number of hydrogen-bond acceptors (Lipinski definition) is 2. The van der Waals surface area contributed by atoms with Gasteiger partial charge in [0.1, 0.15) is 0 Å². The van der Waals surface area contributed by atoms with Crippen LogP contribution in [0.1, 0.15) is 55.2 Å². The number of hydrogen-bond donors (Lipinski definition) is 1. The predicted octanol–water partition coefficient (Wildman–Crippen LogP) is 3.93. The average molecular weight is 256 g/mol. The predicted molar refractivity (Wildman–Crippen MR) is 78.8 cm³/mol. The number of rotatable bonds is 6. The van der Waals surface area contributed by atoms with Gasteiger partial charge in [-0.05, 0) is 55.5 Å². The summed E-state index contributed by atoms with van der Waals surface area (Å²) in [4.78, 5) is 0. The van der Waals surface area contributed by atoms with Crippen molar-refractivity contribution in [3.8, 4) is 6.07 Å². The van der Waals surface area contributed by atoms with Crippen molar-refractivity contribution in [3.63, 3.8) is 0 Å². The lowest BCUT2D eigenvalue weighted by Gasteiger charge is -2.10. The van der Waals surface area contributed by atoms with Crippen molar-refractivity contribution in [3.05, 3.63) is 34.9 Å². The Labute approximate surface area is 116 Å². The molecule has 0 atom stereocenters. The van der Waals surface area contributed by atoms with Crippen molar-refractivity contribution in [1.29, 1.82) is 5.26 Å². The highest BCUT2D eigenvalue weighted by Gasteiger charge is 2.13. The monoisotopic (exact) mass is 256 g/mol. The van der Waals surface area contributed by atoms with E-state index in [0.29, 0.717) is 0 Å². The Bertz CT molecular complexity index is 439. The first-order chi connectivity index (χ1) is 9.29. The number of nitrogens with zero attached hydrogens (tertiary/aromatic N) is 1. The Morgan fingerprint density at radius 1 is 1.32 bits per heavy atom. The van der Waals surface area contributed by atoms with Crippen molar-refractivity contribution in [2.24, 2.45) is 5.92 Å². The summed E-state index contributed by atoms with van der Waals surface area (Å²) in [5, 5.41) is 12.4. The molecule has 2 heteroatoms. The molecule has 0 aromatic heterocycles. The summed E-state index contributed by atoms with van der Waals surface area (Å²) in [5.41, 5.74) is 3.27. The molecule has 2 rings (SSSR count). The van der Waals surface area contributed by atoms with Crippen LogP contribution in [0, 0.1) is 24.2 Å². The minimum Gasteiger partial charge on any atom is -0.313 e. The maximum Gasteiger partial charge on any atom is 0.0991 e. The summed E-state index contributed by atoms with van der Waals surface area (Å²) in [5.74, 6) is 0.999. The molecule has 1 saturated carbocycles. The summed E-state index contributed by atoms with van der Waals surface area (Å²) in [6, 6.07) is 8.12. The van der Waals surface area contributed by atoms with Crippen molar-refractivity contribution < 1.29 is 0 Å². The van der Waals surface area contributed by atoms with E-state index in [1.165, 1.54) is 49.7 Å². The quantitative estimate of drug-likeness (QED) is 0.783. The lowest BCUT2D eigenvalue weighted by Crippen LogP contribution is -2.16. The zero-order valence-electron chi connectivity index (χ0n) is 11.9. The fourth-order valence-corrected chi connectivity index (χ4v) is 3.00. The maximum absolute atomic E-state index is 8.84. The topological polar surface area (TPSA) is 35.8 Å². The molecule has 0 spiro atoms. The van der Waals surface area contributed by atoms with Crippen LogP contribution < -0.4 is 5.32 Å². The van der Waals surface area contributed by atoms with E-state index in [1.807, 2.05) is 12.1 Å². The summed E-state index contributed by atoms with van der Waals surface area (Å²) in [7, 11) is 0. The standard InChI is InChI=1S/C17H24N2/c1-14-11-16(12-18)8-9-17(14)13-19-10-4-7-15-5-2-3-6-15/h8-9,11,15,19H,2-7,10,13H2,1H3. The SMILES string of the molecule is Cc1cc(C#N)ccc1CNCCCC1CCCC1. The van der Waals surface area contributed by atoms with Crippen LogP contribution in [0.15, 0.2) is 18.2 Å². The maximum atomic E-state index is 8.84. The van der Waals surface area contributed by atoms with E-state index in [9.17, 15) is 0 Å². The van der Waals surface area contributed by atoms with Crippen molar-refractivity contribution in [2.75, 3.05) is 6.54 Å². The lowest BCUT2D eigenvalue weighted by atomic mass is 10.0. The van der Waals surface area contributed by atoms with Crippen molar-refractivity contribution >= 4 is 0 Å². The second-order valence-electron chi connectivity index (χ2n) is 5.72. The van der Waals surface area contributed by atoms with Gasteiger partial charge in [-0.2, -0.15) is 5.26 Å². The molecule has 1 N–H and O–H groups in total. The van der Waals surface area contributed by atoms with E-state index >= 15 is 0 Å². The molecular weight excluding hydrogens is 232 g/mol. The van der Waals surface area contributed by atoms with Gasteiger partial charge in [0.2, 0.25) is 0 Å². The van der Waals surface area contributed by atoms with Crippen LogP contribution in [-0.4, -0.2) is 6.54 Å². The largest absolute Gasteiger partial charge is 0.313 e. The van der Waals surface area contributed by atoms with Gasteiger partial charge in [-0.25, -0.2) is 0 Å². The summed E-state index contributed by atoms with van der Waals surface area (Å²) < 4.78 is 0. The third-order valence-electron chi connectivity index (χ3n) is 4.23. The Kier molecular flexibility index (Phi) is 5.42. The average Bonchev–Trinajstić information content (AvgIpc) is 2.93. The van der Waals surface area contributed by atoms with Crippen molar-refractivity contribution in [1.82, 2.24) is 5.32 Å². The van der Waals surface area contributed by atoms with Gasteiger partial charge in [-0.15, -0.1) is 0 Å². The Morgan fingerprint density at radius 3 is 2.79 bits per heavy atom. The third kappa shape index (κ3) is 4.36. The Balaban J connectivity index is 1.66. The Morgan fingerprint density at radius 2 is 2.11 bits per heavy atom. The zero-order valence-corrected chi connectivity index (χ0v) is 11.9. The first-order valence-corrected chi connectivity index (χ1v) is 7.50. The van der Waals surface area contributed by atoms with Gasteiger partial charge in [0.25, 0.3) is 0 Å². The molecule has 0 bridgehead atoms. The van der Waals surface area contributed by atoms with Gasteiger partial charge in [0.15, 0.2) is 0 Å². The minimum atomic E-state index is 0.752. The molecule has 1 aliphatic carbocycles. The molecule has 0 saturated heterocycles. The van der Waals surface area contributed by atoms with Gasteiger partial charge in [0, 0.05) is 6.54 Å². The fraction of sp³-hybridized carbons (Fsp3) is 0.588. The highest BCUT2D eigenvalue weighted by molar-refractivity contribution is 5.37. The first-order valence-electron chi connectivity index (χ1n) is 7.50. The fourth-order valence-electron chi connectivity index (χ4n) is 3.00. The van der Waals surface area contributed by atoms with E-state index in [4.69, 9.17) is 5.26 Å². The molecule has 0 amide bonds. The summed E-state index contributed by atoms with van der Waals surface area (Å²) in [6.45, 7) is 4.11. The molecule has 2 nitrogen and oxygen atoms in total. The Hall–Kier alpha value is -1.33. The molecule has 0 radical (unpaired) electrons. The van der Waals surface area contributed by atoms with Crippen LogP contribution in [0.3, 0.4) is 0 Å². The number of nitrogens with one attached hydrogen (secondary N) is 1. The van der Waals surface area contributed by atoms with Gasteiger partial charge >= 0.3 is 0 Å². The summed E-state index contributed by atoms with van der Waals surface area (Å²) >= 11 is 0. The molecule has 1 fully saturated rings. The lowest BCUT2D eigenvalue weighted by molar-refractivity contribution is 0.470. The number of nitriles is 1. The van der Waals surface area contributed by atoms with Crippen LogP contribution in [0.4, 0.5) is 0 Å². The molecule has 102 valence electrons. The van der Waals surface area contributed by atoms with Gasteiger partial charge < -0.3 is 5.32 Å². The van der Waals surface area contributed by atoms with Crippen LogP contribution in [0.5, 0.6) is 0 Å². The van der Waals surface area contributed by atoms with E-state index in [2.05, 4.69) is 24.4 Å². The van der Waals surface area contributed by atoms with Gasteiger partial charge in [0.05, 0.1) is 11.6 Å². The first kappa shape index (κ1) is 14.1. The van der Waals surface area contributed by atoms with E-state index in [-0.39, 0.29) is 0 Å². The molecule has 19 heavy (non-hydrogen) atoms. The third-order valence-corrected chi connectivity index (χ3v) is 4.23. The molecule has 1 aliphatic rings. The minimum absolute atomic E-state index is 0.752. The van der Waals surface area contributed by atoms with E-state index in [1.54, 1.807) is 0 Å². The molecule has 1 aromatic rings. The van der Waals surface area contributed by atoms with E-state index < -0.39 is 0 Å². The second-order valence-corrected chi connectivity index (χ2v) is 5.72. The molecular formula is C17H24N2. The van der Waals surface area contributed by atoms with Gasteiger partial charge in [-0.3, -0.25) is 0 Å². The number of aryl methyl sites for hydroxylation is 1. The van der Waals surface area contributed by atoms with E-state index in [0.717, 1.165) is 24.6 Å². The molecule has 0 unspecified atom stereocenters. The van der Waals surface area contributed by atoms with Crippen LogP contribution in [-0.2, 0) is 6.54 Å². The zero-order chi connectivity index (χ0) is 13.5. The number of benzene rings is 1. The van der Waals surface area contributed by atoms with Gasteiger partial charge in [-0.1, -0.05) is 31.7 Å². The van der Waals surface area contributed by atoms with Crippen LogP contribution in [0.25, 0.3) is 0 Å². The molecule has 0 heterocycles. The van der Waals surface area contributed by atoms with Crippen molar-refractivity contribution in [2.45, 2.75) is 52.0 Å². The normalized spacial score (nSPS) is 15.6.